The number of imidazole rings is 1. The number of nitrogens with one attached hydrogen (secondary N) is 4. The highest BCUT2D eigenvalue weighted by atomic mass is 19.1. The molecule has 0 fully saturated rings. The highest BCUT2D eigenvalue weighted by Crippen LogP contribution is 2.33. The molecule has 1 aliphatic heterocycles. The van der Waals surface area contributed by atoms with Crippen LogP contribution in [0.2, 0.25) is 0 Å². The normalized spacial score (nSPS) is 14.0. The Morgan fingerprint density at radius 1 is 1.08 bits per heavy atom. The van der Waals surface area contributed by atoms with Crippen LogP contribution in [0.25, 0.3) is 50.2 Å². The first-order valence-corrected chi connectivity index (χ1v) is 12.3. The summed E-state index contributed by atoms with van der Waals surface area (Å²) in [6, 6.07) is 7.01. The molecule has 0 bridgehead atoms. The van der Waals surface area contributed by atoms with E-state index in [1.165, 1.54) is 17.7 Å². The number of benzene rings is 1. The summed E-state index contributed by atoms with van der Waals surface area (Å²) in [7, 11) is 4.01. The lowest BCUT2D eigenvalue weighted by atomic mass is 10.0. The number of hydrogen-bond acceptors (Lipinski definition) is 7. The molecule has 9 nitrogen and oxygen atoms in total. The van der Waals surface area contributed by atoms with Crippen LogP contribution in [0, 0.1) is 5.82 Å². The minimum atomic E-state index is -0.317. The van der Waals surface area contributed by atoms with E-state index >= 15 is 0 Å². The third-order valence-corrected chi connectivity index (χ3v) is 6.56. The van der Waals surface area contributed by atoms with E-state index in [0.717, 1.165) is 59.4 Å². The summed E-state index contributed by atoms with van der Waals surface area (Å²) >= 11 is 0. The average Bonchev–Trinajstić information content (AvgIpc) is 3.52. The van der Waals surface area contributed by atoms with Crippen LogP contribution >= 0.6 is 0 Å². The molecule has 0 radical (unpaired) electrons. The minimum absolute atomic E-state index is 0.317. The molecule has 1 aliphatic rings. The van der Waals surface area contributed by atoms with Gasteiger partial charge in [0.15, 0.2) is 5.82 Å². The summed E-state index contributed by atoms with van der Waals surface area (Å²) in [5.41, 5.74) is 7.36. The van der Waals surface area contributed by atoms with E-state index < -0.39 is 0 Å². The number of aromatic nitrogens is 6. The van der Waals surface area contributed by atoms with Crippen molar-refractivity contribution in [2.75, 3.05) is 45.6 Å². The van der Waals surface area contributed by atoms with Crippen molar-refractivity contribution in [3.05, 3.63) is 60.4 Å². The molecule has 1 aromatic carbocycles. The van der Waals surface area contributed by atoms with Crippen molar-refractivity contribution in [3.8, 4) is 22.6 Å². The molecule has 0 saturated carbocycles. The second kappa shape index (κ2) is 9.72. The van der Waals surface area contributed by atoms with Gasteiger partial charge < -0.3 is 20.5 Å². The largest absolute Gasteiger partial charge is 0.384 e. The van der Waals surface area contributed by atoms with Crippen molar-refractivity contribution in [3.63, 3.8) is 0 Å². The van der Waals surface area contributed by atoms with Crippen LogP contribution in [-0.4, -0.2) is 75.3 Å². The van der Waals surface area contributed by atoms with E-state index in [1.54, 1.807) is 12.4 Å². The fourth-order valence-corrected chi connectivity index (χ4v) is 4.66. The number of rotatable bonds is 7. The Bertz CT molecular complexity index is 1620. The first-order valence-electron chi connectivity index (χ1n) is 12.3. The van der Waals surface area contributed by atoms with E-state index in [9.17, 15) is 4.39 Å². The lowest BCUT2D eigenvalue weighted by Crippen LogP contribution is -2.20. The number of H-pyrrole nitrogens is 2. The molecule has 10 heteroatoms. The number of pyridine rings is 2. The number of hydrogen-bond donors (Lipinski definition) is 4. The Labute approximate surface area is 213 Å². The van der Waals surface area contributed by atoms with E-state index in [2.05, 4.69) is 52.8 Å². The predicted molar refractivity (Wildman–Crippen MR) is 145 cm³/mol. The predicted octanol–water partition coefficient (Wildman–Crippen LogP) is 4.05. The molecule has 188 valence electrons. The molecule has 6 rings (SSSR count). The lowest BCUT2D eigenvalue weighted by Gasteiger charge is -2.13. The molecule has 4 N–H and O–H groups in total. The molecule has 0 saturated heterocycles. The second-order valence-electron chi connectivity index (χ2n) is 9.50. The average molecular weight is 498 g/mol. The fourth-order valence-electron chi connectivity index (χ4n) is 4.66. The molecular formula is C27H28FN9. The van der Waals surface area contributed by atoms with Crippen LogP contribution in [0.3, 0.4) is 0 Å². The topological polar surface area (TPSA) is 110 Å². The number of fused-ring (bicyclic) bond motifs is 2. The van der Waals surface area contributed by atoms with Gasteiger partial charge in [0.2, 0.25) is 0 Å². The van der Waals surface area contributed by atoms with E-state index in [1.807, 2.05) is 26.4 Å². The molecular weight excluding hydrogens is 469 g/mol. The van der Waals surface area contributed by atoms with Crippen LogP contribution in [0.15, 0.2) is 48.9 Å². The van der Waals surface area contributed by atoms with E-state index in [0.29, 0.717) is 29.1 Å². The van der Waals surface area contributed by atoms with Crippen molar-refractivity contribution in [1.82, 2.24) is 40.3 Å². The third kappa shape index (κ3) is 4.68. The Hall–Kier alpha value is -4.15. The zero-order valence-electron chi connectivity index (χ0n) is 20.8. The monoisotopic (exact) mass is 497 g/mol. The molecule has 0 aliphatic carbocycles. The van der Waals surface area contributed by atoms with Crippen LogP contribution in [-0.2, 0) is 0 Å². The second-order valence-corrected chi connectivity index (χ2v) is 9.50. The maximum absolute atomic E-state index is 14.6. The number of anilines is 1. The highest BCUT2D eigenvalue weighted by Gasteiger charge is 2.18. The number of aromatic amines is 2. The Morgan fingerprint density at radius 3 is 2.84 bits per heavy atom. The molecule has 0 amide bonds. The Balaban J connectivity index is 1.39. The first kappa shape index (κ1) is 23.3. The van der Waals surface area contributed by atoms with Gasteiger partial charge >= 0.3 is 0 Å². The van der Waals surface area contributed by atoms with Gasteiger partial charge in [0.05, 0.1) is 34.6 Å². The summed E-state index contributed by atoms with van der Waals surface area (Å²) in [5, 5.41) is 15.2. The van der Waals surface area contributed by atoms with E-state index in [4.69, 9.17) is 4.98 Å². The van der Waals surface area contributed by atoms with Crippen molar-refractivity contribution in [2.24, 2.45) is 0 Å². The molecule has 4 aromatic heterocycles. The summed E-state index contributed by atoms with van der Waals surface area (Å²) in [4.78, 5) is 19.4. The molecule has 0 atom stereocenters. The quantitative estimate of drug-likeness (QED) is 0.268. The maximum Gasteiger partial charge on any atom is 0.159 e. The minimum Gasteiger partial charge on any atom is -0.384 e. The van der Waals surface area contributed by atoms with Gasteiger partial charge in [-0.05, 0) is 62.5 Å². The zero-order chi connectivity index (χ0) is 25.4. The van der Waals surface area contributed by atoms with Crippen LogP contribution < -0.4 is 10.6 Å². The smallest absolute Gasteiger partial charge is 0.159 e. The molecule has 0 spiro atoms. The van der Waals surface area contributed by atoms with Crippen molar-refractivity contribution >= 4 is 33.2 Å². The maximum atomic E-state index is 14.6. The Kier molecular flexibility index (Phi) is 6.11. The molecule has 5 heterocycles. The summed E-state index contributed by atoms with van der Waals surface area (Å²) in [5.74, 6) is 0.302. The number of halogens is 1. The van der Waals surface area contributed by atoms with Crippen molar-refractivity contribution < 1.29 is 4.39 Å². The number of likely N-dealkylation sites (N-methyl/N-ethyl adjacent to an activating group) is 1. The van der Waals surface area contributed by atoms with Crippen LogP contribution in [0.1, 0.15) is 12.1 Å². The molecule has 37 heavy (non-hydrogen) atoms. The van der Waals surface area contributed by atoms with Crippen molar-refractivity contribution in [2.45, 2.75) is 6.42 Å². The van der Waals surface area contributed by atoms with Gasteiger partial charge in [-0.25, -0.2) is 9.37 Å². The zero-order valence-corrected chi connectivity index (χ0v) is 20.8. The van der Waals surface area contributed by atoms with Gasteiger partial charge in [0.1, 0.15) is 11.5 Å². The SMILES string of the molecule is CN(C)CCNc1cc(F)cc(-c2cncc3[nH]c(-c4n[nH]c5cnc(C6=CCNCC6)cc45)nc23)c1. The summed E-state index contributed by atoms with van der Waals surface area (Å²) in [6.07, 6.45) is 8.38. The fraction of sp³-hybridized carbons (Fsp3) is 0.259. The Morgan fingerprint density at radius 2 is 2.00 bits per heavy atom. The van der Waals surface area contributed by atoms with Crippen LogP contribution in [0.4, 0.5) is 10.1 Å². The van der Waals surface area contributed by atoms with Gasteiger partial charge in [0, 0.05) is 42.5 Å². The number of nitrogens with zero attached hydrogens (tertiary/aromatic N) is 5. The van der Waals surface area contributed by atoms with Gasteiger partial charge in [-0.1, -0.05) is 6.08 Å². The van der Waals surface area contributed by atoms with Crippen LogP contribution in [0.5, 0.6) is 0 Å². The highest BCUT2D eigenvalue weighted by molar-refractivity contribution is 5.97. The third-order valence-electron chi connectivity index (χ3n) is 6.56. The molecule has 5 aromatic rings. The van der Waals surface area contributed by atoms with Gasteiger partial charge in [0.25, 0.3) is 0 Å². The van der Waals surface area contributed by atoms with Gasteiger partial charge in [-0.3, -0.25) is 15.1 Å². The summed E-state index contributed by atoms with van der Waals surface area (Å²) < 4.78 is 14.6. The van der Waals surface area contributed by atoms with Gasteiger partial charge in [-0.15, -0.1) is 0 Å². The van der Waals surface area contributed by atoms with E-state index in [-0.39, 0.29) is 5.82 Å². The van der Waals surface area contributed by atoms with Crippen molar-refractivity contribution in [1.29, 1.82) is 0 Å². The standard InChI is InChI=1S/C27H28FN9/c1-37(2)8-7-31-19-10-17(9-18(28)11-19)21-13-30-14-24-25(21)34-27(33-24)26-20-12-22(16-3-5-29-6-4-16)32-15-23(20)35-36-26/h3,9-15,29,31H,4-8H2,1-2H3,(H,33,34)(H,35,36). The molecule has 0 unspecified atom stereocenters. The first-order chi connectivity index (χ1) is 18.0. The lowest BCUT2D eigenvalue weighted by molar-refractivity contribution is 0.425. The summed E-state index contributed by atoms with van der Waals surface area (Å²) in [6.45, 7) is 3.34. The van der Waals surface area contributed by atoms with Gasteiger partial charge in [-0.2, -0.15) is 5.10 Å².